The van der Waals surface area contributed by atoms with Crippen LogP contribution in [0.25, 0.3) is 11.3 Å². The summed E-state index contributed by atoms with van der Waals surface area (Å²) in [5, 5.41) is 10.3. The largest absolute Gasteiger partial charge is 0.495 e. The second-order valence-electron chi connectivity index (χ2n) is 10.2. The molecule has 1 aromatic carbocycles. The summed E-state index contributed by atoms with van der Waals surface area (Å²) in [7, 11) is 7.12. The normalized spacial score (nSPS) is 17.7. The third-order valence-electron chi connectivity index (χ3n) is 7.23. The van der Waals surface area contributed by atoms with Gasteiger partial charge in [0.15, 0.2) is 0 Å². The number of halogens is 2. The van der Waals surface area contributed by atoms with E-state index in [9.17, 15) is 4.79 Å². The van der Waals surface area contributed by atoms with E-state index < -0.39 is 0 Å². The SMILES string of the molecule is COc1cc(OC)c(Cl)c(N2Cc3cnc(NC4COCCC4NC=O)nc3-c3cc(NCCN(C)C)cnc32)c1Cl. The van der Waals surface area contributed by atoms with Crippen molar-refractivity contribution in [2.45, 2.75) is 25.0 Å². The van der Waals surface area contributed by atoms with Gasteiger partial charge in [0.1, 0.15) is 27.4 Å². The van der Waals surface area contributed by atoms with Crippen molar-refractivity contribution in [3.05, 3.63) is 40.1 Å². The van der Waals surface area contributed by atoms with E-state index in [1.54, 1.807) is 18.5 Å². The number of aromatic nitrogens is 3. The number of anilines is 4. The molecule has 2 unspecified atom stereocenters. The molecule has 0 saturated carbocycles. The molecule has 3 N–H and O–H groups in total. The maximum atomic E-state index is 11.2. The second kappa shape index (κ2) is 13.2. The first-order valence-corrected chi connectivity index (χ1v) is 14.3. The predicted molar refractivity (Wildman–Crippen MR) is 164 cm³/mol. The van der Waals surface area contributed by atoms with Crippen molar-refractivity contribution >= 4 is 52.8 Å². The van der Waals surface area contributed by atoms with Gasteiger partial charge in [0, 0.05) is 43.1 Å². The fraction of sp³-hybridized carbons (Fsp3) is 0.429. The molecule has 0 bridgehead atoms. The minimum atomic E-state index is -0.180. The number of hydrogen-bond donors (Lipinski definition) is 3. The number of ether oxygens (including phenoxy) is 3. The Balaban J connectivity index is 1.57. The quantitative estimate of drug-likeness (QED) is 0.272. The van der Waals surface area contributed by atoms with Crippen molar-refractivity contribution in [1.82, 2.24) is 25.2 Å². The lowest BCUT2D eigenvalue weighted by Crippen LogP contribution is -2.50. The van der Waals surface area contributed by atoms with Crippen molar-refractivity contribution < 1.29 is 19.0 Å². The zero-order chi connectivity index (χ0) is 29.8. The highest BCUT2D eigenvalue weighted by Gasteiger charge is 2.32. The lowest BCUT2D eigenvalue weighted by atomic mass is 10.0. The molecule has 4 heterocycles. The van der Waals surface area contributed by atoms with Crippen LogP contribution in [0.4, 0.5) is 23.1 Å². The summed E-state index contributed by atoms with van der Waals surface area (Å²) in [4.78, 5) is 29.6. The third kappa shape index (κ3) is 6.12. The second-order valence-corrected chi connectivity index (χ2v) is 11.0. The van der Waals surface area contributed by atoms with Gasteiger partial charge >= 0.3 is 0 Å². The third-order valence-corrected chi connectivity index (χ3v) is 7.96. The van der Waals surface area contributed by atoms with Crippen molar-refractivity contribution in [1.29, 1.82) is 0 Å². The minimum absolute atomic E-state index is 0.0971. The van der Waals surface area contributed by atoms with Gasteiger partial charge in [-0.25, -0.2) is 15.0 Å². The Morgan fingerprint density at radius 2 is 1.88 bits per heavy atom. The van der Waals surface area contributed by atoms with E-state index in [0.29, 0.717) is 71.6 Å². The number of nitrogens with one attached hydrogen (secondary N) is 3. The molecule has 0 aliphatic carbocycles. The number of likely N-dealkylation sites (N-methyl/N-ethyl adjacent to an activating group) is 1. The van der Waals surface area contributed by atoms with Crippen LogP contribution < -0.4 is 30.3 Å². The van der Waals surface area contributed by atoms with Gasteiger partial charge in [0.25, 0.3) is 0 Å². The summed E-state index contributed by atoms with van der Waals surface area (Å²) in [5.74, 6) is 1.88. The van der Waals surface area contributed by atoms with Crippen LogP contribution in [-0.4, -0.2) is 93.0 Å². The van der Waals surface area contributed by atoms with Gasteiger partial charge in [-0.05, 0) is 26.6 Å². The molecule has 2 atom stereocenters. The summed E-state index contributed by atoms with van der Waals surface area (Å²) >= 11 is 13.7. The number of pyridine rings is 1. The molecule has 1 amide bonds. The molecule has 3 aromatic rings. The van der Waals surface area contributed by atoms with Gasteiger partial charge in [-0.3, -0.25) is 4.79 Å². The molecule has 1 saturated heterocycles. The van der Waals surface area contributed by atoms with Gasteiger partial charge in [-0.1, -0.05) is 23.2 Å². The number of hydrogen-bond acceptors (Lipinski definition) is 11. The lowest BCUT2D eigenvalue weighted by Gasteiger charge is -2.34. The highest BCUT2D eigenvalue weighted by atomic mass is 35.5. The molecule has 12 nitrogen and oxygen atoms in total. The van der Waals surface area contributed by atoms with Gasteiger partial charge in [-0.2, -0.15) is 0 Å². The first-order valence-electron chi connectivity index (χ1n) is 13.5. The van der Waals surface area contributed by atoms with Crippen LogP contribution in [0, 0.1) is 0 Å². The smallest absolute Gasteiger partial charge is 0.223 e. The summed E-state index contributed by atoms with van der Waals surface area (Å²) in [5.41, 5.74) is 3.69. The maximum Gasteiger partial charge on any atom is 0.223 e. The van der Waals surface area contributed by atoms with Crippen molar-refractivity contribution in [2.75, 3.05) is 70.2 Å². The summed E-state index contributed by atoms with van der Waals surface area (Å²) in [6, 6.07) is 3.39. The molecular formula is C28H34Cl2N8O4. The number of nitrogens with zero attached hydrogens (tertiary/aromatic N) is 5. The number of methoxy groups -OCH3 is 2. The average Bonchev–Trinajstić information content (AvgIpc) is 2.98. The van der Waals surface area contributed by atoms with Gasteiger partial charge in [0.05, 0.1) is 62.7 Å². The standard InChI is InChI=1S/C28H34Cl2N8O4/c1-37(2)7-6-31-17-9-18-25-16(11-33-28(36-25)35-20-14-42-8-5-19(20)34-15-39)13-38(27(18)32-12-17)26-23(29)21(40-3)10-22(41-4)24(26)30/h9-12,15,19-20,31H,5-8,13-14H2,1-4H3,(H,34,39)(H,33,35,36). The number of carbonyl (C=O) groups excluding carboxylic acids is 1. The van der Waals surface area contributed by atoms with Gasteiger partial charge in [-0.15, -0.1) is 0 Å². The molecule has 5 rings (SSSR count). The Hall–Kier alpha value is -3.58. The molecule has 1 fully saturated rings. The van der Waals surface area contributed by atoms with Gasteiger partial charge < -0.3 is 40.0 Å². The summed E-state index contributed by atoms with van der Waals surface area (Å²) in [6.45, 7) is 2.93. The van der Waals surface area contributed by atoms with E-state index in [4.69, 9.17) is 47.4 Å². The fourth-order valence-electron chi connectivity index (χ4n) is 5.07. The van der Waals surface area contributed by atoms with E-state index in [0.717, 1.165) is 35.6 Å². The average molecular weight is 618 g/mol. The van der Waals surface area contributed by atoms with Crippen LogP contribution in [0.2, 0.25) is 10.0 Å². The van der Waals surface area contributed by atoms with E-state index in [2.05, 4.69) is 25.8 Å². The Labute approximate surface area is 254 Å². The summed E-state index contributed by atoms with van der Waals surface area (Å²) < 4.78 is 16.7. The van der Waals surface area contributed by atoms with E-state index >= 15 is 0 Å². The predicted octanol–water partition coefficient (Wildman–Crippen LogP) is 3.80. The molecule has 0 spiro atoms. The zero-order valence-electron chi connectivity index (χ0n) is 23.9. The van der Waals surface area contributed by atoms with E-state index in [1.807, 2.05) is 25.1 Å². The van der Waals surface area contributed by atoms with Crippen molar-refractivity contribution in [2.24, 2.45) is 0 Å². The molecule has 2 aromatic heterocycles. The zero-order valence-corrected chi connectivity index (χ0v) is 25.4. The van der Waals surface area contributed by atoms with Crippen LogP contribution in [0.5, 0.6) is 11.5 Å². The highest BCUT2D eigenvalue weighted by Crippen LogP contribution is 2.51. The highest BCUT2D eigenvalue weighted by molar-refractivity contribution is 6.41. The van der Waals surface area contributed by atoms with Crippen molar-refractivity contribution in [3.63, 3.8) is 0 Å². The van der Waals surface area contributed by atoms with Gasteiger partial charge in [0.2, 0.25) is 12.4 Å². The van der Waals surface area contributed by atoms with Crippen LogP contribution in [0.3, 0.4) is 0 Å². The lowest BCUT2D eigenvalue weighted by molar-refractivity contribution is -0.110. The molecule has 0 radical (unpaired) electrons. The van der Waals surface area contributed by atoms with E-state index in [-0.39, 0.29) is 12.1 Å². The van der Waals surface area contributed by atoms with Crippen LogP contribution in [0.15, 0.2) is 24.5 Å². The molecular weight excluding hydrogens is 583 g/mol. The van der Waals surface area contributed by atoms with E-state index in [1.165, 1.54) is 14.2 Å². The number of benzene rings is 1. The Bertz CT molecular complexity index is 1420. The first kappa shape index (κ1) is 29.9. The molecule has 2 aliphatic heterocycles. The molecule has 224 valence electrons. The molecule has 14 heteroatoms. The topological polar surface area (TPSA) is 126 Å². The summed E-state index contributed by atoms with van der Waals surface area (Å²) in [6.07, 6.45) is 4.96. The maximum absolute atomic E-state index is 11.2. The fourth-order valence-corrected chi connectivity index (χ4v) is 5.77. The number of amides is 1. The first-order chi connectivity index (χ1) is 20.3. The Morgan fingerprint density at radius 1 is 1.12 bits per heavy atom. The minimum Gasteiger partial charge on any atom is -0.495 e. The molecule has 42 heavy (non-hydrogen) atoms. The molecule has 2 aliphatic rings. The van der Waals surface area contributed by atoms with Crippen LogP contribution in [0.1, 0.15) is 12.0 Å². The number of carbonyl (C=O) groups is 1. The Morgan fingerprint density at radius 3 is 2.57 bits per heavy atom. The van der Waals surface area contributed by atoms with Crippen LogP contribution in [-0.2, 0) is 16.1 Å². The van der Waals surface area contributed by atoms with Crippen molar-refractivity contribution in [3.8, 4) is 22.8 Å². The number of fused-ring (bicyclic) bond motifs is 3. The van der Waals surface area contributed by atoms with Crippen LogP contribution >= 0.6 is 23.2 Å². The number of rotatable bonds is 11. The monoisotopic (exact) mass is 616 g/mol. The Kier molecular flexibility index (Phi) is 9.37.